The summed E-state index contributed by atoms with van der Waals surface area (Å²) in [5.74, 6) is -0.901. The molecule has 36 heavy (non-hydrogen) atoms. The number of hydrogen-bond acceptors (Lipinski definition) is 6. The van der Waals surface area contributed by atoms with Gasteiger partial charge in [0.05, 0.1) is 6.61 Å². The van der Waals surface area contributed by atoms with Gasteiger partial charge in [0.15, 0.2) is 5.69 Å². The number of amides is 1. The number of pyridine rings is 1. The fourth-order valence-electron chi connectivity index (χ4n) is 4.67. The second-order valence-electron chi connectivity index (χ2n) is 8.73. The Labute approximate surface area is 212 Å². The number of aromatic carboxylic acids is 1. The van der Waals surface area contributed by atoms with Crippen LogP contribution in [0.5, 0.6) is 5.75 Å². The van der Waals surface area contributed by atoms with Crippen LogP contribution in [0, 0.1) is 13.8 Å². The predicted octanol–water partition coefficient (Wildman–Crippen LogP) is 5.44. The van der Waals surface area contributed by atoms with Gasteiger partial charge in [0, 0.05) is 52.0 Å². The van der Waals surface area contributed by atoms with E-state index in [0.717, 1.165) is 39.1 Å². The first kappa shape index (κ1) is 23.7. The number of nitrogens with two attached hydrogens (primary N) is 1. The molecule has 4 N–H and O–H groups in total. The zero-order chi connectivity index (χ0) is 25.4. The minimum atomic E-state index is -1.17. The quantitative estimate of drug-likeness (QED) is 0.337. The molecule has 2 aromatic carbocycles. The van der Waals surface area contributed by atoms with E-state index in [9.17, 15) is 14.7 Å². The van der Waals surface area contributed by atoms with Crippen molar-refractivity contribution in [3.05, 3.63) is 87.6 Å². The van der Waals surface area contributed by atoms with Crippen LogP contribution in [0.25, 0.3) is 21.6 Å². The van der Waals surface area contributed by atoms with Crippen LogP contribution >= 0.6 is 11.3 Å². The van der Waals surface area contributed by atoms with Crippen LogP contribution in [0.3, 0.4) is 0 Å². The van der Waals surface area contributed by atoms with Gasteiger partial charge in [-0.15, -0.1) is 11.3 Å². The van der Waals surface area contributed by atoms with Gasteiger partial charge in [-0.1, -0.05) is 18.2 Å². The topological polar surface area (TPSA) is 115 Å². The number of nitrogens with one attached hydrogen (secondary N) is 1. The molecule has 5 rings (SSSR count). The van der Waals surface area contributed by atoms with Crippen LogP contribution in [-0.2, 0) is 13.0 Å². The van der Waals surface area contributed by atoms with E-state index in [2.05, 4.69) is 16.4 Å². The average molecular weight is 500 g/mol. The van der Waals surface area contributed by atoms with Gasteiger partial charge in [-0.3, -0.25) is 4.79 Å². The molecule has 7 nitrogen and oxygen atoms in total. The number of carbonyl (C=O) groups excluding carboxylic acids is 1. The number of thiophene rings is 1. The number of carboxylic acid groups (broad SMARTS) is 1. The summed E-state index contributed by atoms with van der Waals surface area (Å²) in [5.41, 5.74) is 12.3. The van der Waals surface area contributed by atoms with Crippen molar-refractivity contribution in [3.8, 4) is 27.3 Å². The highest BCUT2D eigenvalue weighted by atomic mass is 32.1. The molecular formula is C28H25N3O4S. The number of aromatic nitrogens is 1. The standard InChI is InChI=1S/C28H25N3O4S/c1-15-10-17(14-29)11-16(2)24(15)31-27(32)21-12-22-23(35-8-5-18-6-9-36-26(18)22)13-20(21)19-4-3-7-30-25(19)28(33)34/h3-4,6-7,9-13H,5,8,14,29H2,1-2H3,(H,31,32)(H,33,34). The fourth-order valence-corrected chi connectivity index (χ4v) is 5.65. The molecule has 2 aromatic heterocycles. The van der Waals surface area contributed by atoms with E-state index in [4.69, 9.17) is 10.5 Å². The van der Waals surface area contributed by atoms with E-state index in [1.54, 1.807) is 35.6 Å². The first-order valence-electron chi connectivity index (χ1n) is 11.5. The van der Waals surface area contributed by atoms with Gasteiger partial charge < -0.3 is 20.9 Å². The molecule has 0 spiro atoms. The summed E-state index contributed by atoms with van der Waals surface area (Å²) in [4.78, 5) is 30.9. The largest absolute Gasteiger partial charge is 0.493 e. The van der Waals surface area contributed by atoms with Gasteiger partial charge >= 0.3 is 5.97 Å². The molecule has 1 aliphatic rings. The number of carboxylic acids is 1. The third-order valence-corrected chi connectivity index (χ3v) is 7.34. The minimum Gasteiger partial charge on any atom is -0.493 e. The SMILES string of the molecule is Cc1cc(CN)cc(C)c1NC(=O)c1cc2c(cc1-c1cccnc1C(=O)O)OCCc1ccsc1-2. The van der Waals surface area contributed by atoms with Gasteiger partial charge in [-0.25, -0.2) is 9.78 Å². The first-order valence-corrected chi connectivity index (χ1v) is 12.4. The number of anilines is 1. The van der Waals surface area contributed by atoms with Crippen molar-refractivity contribution in [1.82, 2.24) is 4.98 Å². The second-order valence-corrected chi connectivity index (χ2v) is 9.65. The van der Waals surface area contributed by atoms with E-state index in [1.807, 2.05) is 31.4 Å². The van der Waals surface area contributed by atoms with Gasteiger partial charge in [0.2, 0.25) is 0 Å². The zero-order valence-electron chi connectivity index (χ0n) is 19.9. The third-order valence-electron chi connectivity index (χ3n) is 6.35. The van der Waals surface area contributed by atoms with E-state index < -0.39 is 5.97 Å². The number of aryl methyl sites for hydroxylation is 2. The van der Waals surface area contributed by atoms with Gasteiger partial charge in [0.25, 0.3) is 5.91 Å². The van der Waals surface area contributed by atoms with Crippen molar-refractivity contribution in [2.24, 2.45) is 5.73 Å². The third kappa shape index (κ3) is 4.25. The number of ether oxygens (including phenoxy) is 1. The van der Waals surface area contributed by atoms with E-state index in [1.165, 1.54) is 6.20 Å². The predicted molar refractivity (Wildman–Crippen MR) is 141 cm³/mol. The summed E-state index contributed by atoms with van der Waals surface area (Å²) in [6.07, 6.45) is 2.18. The first-order chi connectivity index (χ1) is 17.4. The highest BCUT2D eigenvalue weighted by Gasteiger charge is 2.26. The molecule has 0 atom stereocenters. The summed E-state index contributed by atoms with van der Waals surface area (Å²) >= 11 is 1.59. The van der Waals surface area contributed by atoms with Crippen LogP contribution in [-0.4, -0.2) is 28.6 Å². The Morgan fingerprint density at radius 1 is 1.11 bits per heavy atom. The number of fused-ring (bicyclic) bond motifs is 3. The molecule has 0 unspecified atom stereocenters. The van der Waals surface area contributed by atoms with E-state index in [0.29, 0.717) is 41.3 Å². The molecule has 4 aromatic rings. The van der Waals surface area contributed by atoms with Crippen molar-refractivity contribution in [1.29, 1.82) is 0 Å². The molecule has 8 heteroatoms. The van der Waals surface area contributed by atoms with Crippen molar-refractivity contribution in [3.63, 3.8) is 0 Å². The van der Waals surface area contributed by atoms with Gasteiger partial charge in [-0.05, 0) is 65.7 Å². The maximum atomic E-state index is 13.8. The van der Waals surface area contributed by atoms with Crippen LogP contribution in [0.2, 0.25) is 0 Å². The molecule has 1 amide bonds. The van der Waals surface area contributed by atoms with Gasteiger partial charge in [-0.2, -0.15) is 0 Å². The molecule has 1 aliphatic heterocycles. The lowest BCUT2D eigenvalue weighted by Crippen LogP contribution is -2.16. The second kappa shape index (κ2) is 9.56. The van der Waals surface area contributed by atoms with Crippen LogP contribution in [0.1, 0.15) is 43.1 Å². The molecule has 0 saturated carbocycles. The maximum Gasteiger partial charge on any atom is 0.355 e. The van der Waals surface area contributed by atoms with Crippen molar-refractivity contribution < 1.29 is 19.4 Å². The van der Waals surface area contributed by atoms with E-state index in [-0.39, 0.29) is 11.6 Å². The Bertz CT molecular complexity index is 1490. The highest BCUT2D eigenvalue weighted by Crippen LogP contribution is 2.43. The lowest BCUT2D eigenvalue weighted by atomic mass is 9.93. The Morgan fingerprint density at radius 2 is 1.89 bits per heavy atom. The molecule has 0 aliphatic carbocycles. The number of carbonyl (C=O) groups is 2. The zero-order valence-corrected chi connectivity index (χ0v) is 20.7. The van der Waals surface area contributed by atoms with Crippen LogP contribution in [0.15, 0.2) is 54.0 Å². The molecule has 0 radical (unpaired) electrons. The molecule has 0 bridgehead atoms. The summed E-state index contributed by atoms with van der Waals surface area (Å²) in [7, 11) is 0. The molecule has 3 heterocycles. The highest BCUT2D eigenvalue weighted by molar-refractivity contribution is 7.13. The summed E-state index contributed by atoms with van der Waals surface area (Å²) < 4.78 is 6.06. The Morgan fingerprint density at radius 3 is 2.61 bits per heavy atom. The van der Waals surface area contributed by atoms with Gasteiger partial charge in [0.1, 0.15) is 5.75 Å². The van der Waals surface area contributed by atoms with Crippen LogP contribution in [0.4, 0.5) is 5.69 Å². The summed E-state index contributed by atoms with van der Waals surface area (Å²) in [6.45, 7) is 4.75. The van der Waals surface area contributed by atoms with Crippen LogP contribution < -0.4 is 15.8 Å². The lowest BCUT2D eigenvalue weighted by molar-refractivity contribution is 0.0691. The number of nitrogens with zero attached hydrogens (tertiary/aromatic N) is 1. The minimum absolute atomic E-state index is 0.128. The summed E-state index contributed by atoms with van der Waals surface area (Å²) in [5, 5.41) is 14.9. The molecule has 182 valence electrons. The molecule has 0 fully saturated rings. The lowest BCUT2D eigenvalue weighted by Gasteiger charge is -2.18. The smallest absolute Gasteiger partial charge is 0.355 e. The number of rotatable bonds is 5. The Kier molecular flexibility index (Phi) is 6.30. The average Bonchev–Trinajstić information content (AvgIpc) is 3.27. The maximum absolute atomic E-state index is 13.8. The van der Waals surface area contributed by atoms with Crippen molar-refractivity contribution in [2.45, 2.75) is 26.8 Å². The Balaban J connectivity index is 1.70. The molecular weight excluding hydrogens is 474 g/mol. The van der Waals surface area contributed by atoms with Crippen molar-refractivity contribution in [2.75, 3.05) is 11.9 Å². The fraction of sp³-hybridized carbons (Fsp3) is 0.179. The number of benzene rings is 2. The normalized spacial score (nSPS) is 12.2. The van der Waals surface area contributed by atoms with Crippen molar-refractivity contribution >= 4 is 28.9 Å². The number of hydrogen-bond donors (Lipinski definition) is 3. The summed E-state index contributed by atoms with van der Waals surface area (Å²) in [6, 6.07) is 12.9. The Hall–Kier alpha value is -4.01. The molecule has 0 saturated heterocycles. The monoisotopic (exact) mass is 499 g/mol. The van der Waals surface area contributed by atoms with E-state index >= 15 is 0 Å².